The second-order valence-electron chi connectivity index (χ2n) is 8.62. The molecule has 3 heteroatoms. The van der Waals surface area contributed by atoms with E-state index in [4.69, 9.17) is 4.65 Å². The summed E-state index contributed by atoms with van der Waals surface area (Å²) < 4.78 is 7.19. The molecular weight excluding hydrogens is 353 g/mol. The van der Waals surface area contributed by atoms with E-state index in [-0.39, 0.29) is 7.05 Å². The van der Waals surface area contributed by atoms with Gasteiger partial charge in [-0.2, -0.15) is 0 Å². The van der Waals surface area contributed by atoms with Gasteiger partial charge in [-0.3, -0.25) is 0 Å². The van der Waals surface area contributed by atoms with Gasteiger partial charge in [-0.25, -0.2) is 0 Å². The molecule has 2 aliphatic heterocycles. The second-order valence-corrected chi connectivity index (χ2v) is 8.62. The van der Waals surface area contributed by atoms with Gasteiger partial charge in [0.25, 0.3) is 0 Å². The van der Waals surface area contributed by atoms with E-state index in [1.807, 2.05) is 0 Å². The first-order valence-corrected chi connectivity index (χ1v) is 10.9. The van der Waals surface area contributed by atoms with Crippen LogP contribution in [0.1, 0.15) is 49.3 Å². The summed E-state index contributed by atoms with van der Waals surface area (Å²) >= 11 is 0. The number of benzene rings is 3. The molecule has 0 spiro atoms. The first-order chi connectivity index (χ1) is 14.2. The molecule has 0 N–H and O–H groups in total. The molecule has 0 aromatic heterocycles. The Hall–Kier alpha value is -2.36. The maximum absolute atomic E-state index is 7.19. The Kier molecular flexibility index (Phi) is 4.81. The first-order valence-electron chi connectivity index (χ1n) is 10.9. The molecule has 2 aliphatic rings. The van der Waals surface area contributed by atoms with Crippen molar-refractivity contribution in [2.45, 2.75) is 44.2 Å². The Morgan fingerprint density at radius 1 is 0.862 bits per heavy atom. The minimum absolute atomic E-state index is 0.0125. The zero-order chi connectivity index (χ0) is 19.8. The van der Waals surface area contributed by atoms with Crippen molar-refractivity contribution in [2.75, 3.05) is 6.54 Å². The lowest BCUT2D eigenvalue weighted by molar-refractivity contribution is 0.106. The van der Waals surface area contributed by atoms with E-state index in [1.54, 1.807) is 0 Å². The Balaban J connectivity index is 1.70. The molecule has 146 valence electrons. The van der Waals surface area contributed by atoms with Gasteiger partial charge in [0, 0.05) is 6.04 Å². The Morgan fingerprint density at radius 3 is 2.07 bits per heavy atom. The molecule has 3 aromatic rings. The van der Waals surface area contributed by atoms with Gasteiger partial charge in [-0.1, -0.05) is 98.8 Å². The molecule has 0 unspecified atom stereocenters. The van der Waals surface area contributed by atoms with E-state index in [9.17, 15) is 0 Å². The van der Waals surface area contributed by atoms with Gasteiger partial charge < -0.3 is 9.47 Å². The van der Waals surface area contributed by atoms with Crippen LogP contribution >= 0.6 is 0 Å². The summed E-state index contributed by atoms with van der Waals surface area (Å²) in [7, 11) is -0.0125. The van der Waals surface area contributed by atoms with Crippen LogP contribution in [0.15, 0.2) is 84.9 Å². The van der Waals surface area contributed by atoms with Crippen LogP contribution in [0.3, 0.4) is 0 Å². The normalized spacial score (nSPS) is 20.9. The molecule has 29 heavy (non-hydrogen) atoms. The highest BCUT2D eigenvalue weighted by Crippen LogP contribution is 2.49. The third kappa shape index (κ3) is 2.96. The molecule has 0 aliphatic carbocycles. The number of rotatable bonds is 4. The van der Waals surface area contributed by atoms with E-state index >= 15 is 0 Å². The Labute approximate surface area is 174 Å². The summed E-state index contributed by atoms with van der Waals surface area (Å²) in [5.74, 6) is 0.472. The number of nitrogens with zero attached hydrogens (tertiary/aromatic N) is 1. The predicted molar refractivity (Wildman–Crippen MR) is 120 cm³/mol. The van der Waals surface area contributed by atoms with Crippen LogP contribution in [0.5, 0.6) is 0 Å². The molecular formula is C26H28BNO. The minimum atomic E-state index is -0.437. The van der Waals surface area contributed by atoms with Crippen molar-refractivity contribution in [2.24, 2.45) is 0 Å². The van der Waals surface area contributed by atoms with Gasteiger partial charge in [-0.05, 0) is 47.5 Å². The van der Waals surface area contributed by atoms with Crippen molar-refractivity contribution in [1.29, 1.82) is 0 Å². The first kappa shape index (κ1) is 18.7. The summed E-state index contributed by atoms with van der Waals surface area (Å²) in [5.41, 5.74) is 4.79. The fraction of sp³-hybridized carbons (Fsp3) is 0.308. The molecule has 2 fully saturated rings. The topological polar surface area (TPSA) is 12.5 Å². The van der Waals surface area contributed by atoms with Crippen LogP contribution in [0.2, 0.25) is 0 Å². The van der Waals surface area contributed by atoms with E-state index in [0.717, 1.165) is 13.0 Å². The Bertz CT molecular complexity index is 933. The molecule has 1 atom stereocenters. The van der Waals surface area contributed by atoms with Gasteiger partial charge in [0.15, 0.2) is 0 Å². The van der Waals surface area contributed by atoms with E-state index in [1.165, 1.54) is 28.6 Å². The van der Waals surface area contributed by atoms with Crippen molar-refractivity contribution in [3.8, 4) is 0 Å². The van der Waals surface area contributed by atoms with Crippen molar-refractivity contribution in [1.82, 2.24) is 4.81 Å². The SMILES string of the molecule is CC(C)c1ccccc1B1OC(c2ccccc2)(c2ccccc2)[C@@H]2CCCN12. The third-order valence-electron chi connectivity index (χ3n) is 6.65. The zero-order valence-corrected chi connectivity index (χ0v) is 17.3. The summed E-state index contributed by atoms with van der Waals surface area (Å²) in [6, 6.07) is 30.9. The van der Waals surface area contributed by atoms with Crippen molar-refractivity contribution in [3.05, 3.63) is 102 Å². The fourth-order valence-corrected chi connectivity index (χ4v) is 5.39. The van der Waals surface area contributed by atoms with Crippen molar-refractivity contribution in [3.63, 3.8) is 0 Å². The molecule has 0 saturated carbocycles. The van der Waals surface area contributed by atoms with Gasteiger partial charge in [0.05, 0.1) is 0 Å². The van der Waals surface area contributed by atoms with Crippen molar-refractivity contribution >= 4 is 12.5 Å². The van der Waals surface area contributed by atoms with Crippen LogP contribution < -0.4 is 5.46 Å². The number of hydrogen-bond acceptors (Lipinski definition) is 2. The monoisotopic (exact) mass is 381 g/mol. The lowest BCUT2D eigenvalue weighted by Gasteiger charge is -2.36. The summed E-state index contributed by atoms with van der Waals surface area (Å²) in [6.07, 6.45) is 2.37. The molecule has 2 nitrogen and oxygen atoms in total. The average molecular weight is 381 g/mol. The van der Waals surface area contributed by atoms with Crippen LogP contribution in [0.4, 0.5) is 0 Å². The van der Waals surface area contributed by atoms with Gasteiger partial charge >= 0.3 is 7.05 Å². The standard InChI is InChI=1S/C26H28BNO/c1-20(2)23-16-9-10-17-24(23)27-28-19-11-18-25(28)26(29-27,21-12-5-3-6-13-21)22-14-7-4-8-15-22/h3-10,12-17,20,25H,11,18-19H2,1-2H3/t25-/m0/s1. The van der Waals surface area contributed by atoms with Crippen LogP contribution in [0, 0.1) is 0 Å². The van der Waals surface area contributed by atoms with Crippen LogP contribution in [-0.2, 0) is 10.3 Å². The van der Waals surface area contributed by atoms with Crippen molar-refractivity contribution < 1.29 is 4.65 Å². The maximum atomic E-state index is 7.19. The average Bonchev–Trinajstić information content (AvgIpc) is 3.37. The molecule has 0 radical (unpaired) electrons. The minimum Gasteiger partial charge on any atom is -0.402 e. The van der Waals surface area contributed by atoms with Crippen LogP contribution in [-0.4, -0.2) is 24.4 Å². The lowest BCUT2D eigenvalue weighted by atomic mass is 9.68. The van der Waals surface area contributed by atoms with Gasteiger partial charge in [-0.15, -0.1) is 0 Å². The maximum Gasteiger partial charge on any atom is 0.420 e. The smallest absolute Gasteiger partial charge is 0.402 e. The van der Waals surface area contributed by atoms with E-state index < -0.39 is 5.60 Å². The Morgan fingerprint density at radius 2 is 1.45 bits per heavy atom. The molecule has 2 saturated heterocycles. The summed E-state index contributed by atoms with van der Waals surface area (Å²) in [5, 5.41) is 0. The quantitative estimate of drug-likeness (QED) is 0.594. The lowest BCUT2D eigenvalue weighted by Crippen LogP contribution is -2.47. The van der Waals surface area contributed by atoms with Gasteiger partial charge in [0.1, 0.15) is 5.60 Å². The predicted octanol–water partition coefficient (Wildman–Crippen LogP) is 4.94. The molecule has 2 heterocycles. The summed E-state index contributed by atoms with van der Waals surface area (Å²) in [4.78, 5) is 2.61. The largest absolute Gasteiger partial charge is 0.420 e. The van der Waals surface area contributed by atoms with Gasteiger partial charge in [0.2, 0.25) is 0 Å². The summed E-state index contributed by atoms with van der Waals surface area (Å²) in [6.45, 7) is 5.64. The van der Waals surface area contributed by atoms with E-state index in [0.29, 0.717) is 12.0 Å². The highest BCUT2D eigenvalue weighted by Gasteiger charge is 2.59. The number of hydrogen-bond donors (Lipinski definition) is 0. The highest BCUT2D eigenvalue weighted by atomic mass is 16.5. The molecule has 0 amide bonds. The zero-order valence-electron chi connectivity index (χ0n) is 17.3. The van der Waals surface area contributed by atoms with Crippen LogP contribution in [0.25, 0.3) is 0 Å². The molecule has 3 aromatic carbocycles. The molecule has 0 bridgehead atoms. The second kappa shape index (κ2) is 7.48. The fourth-order valence-electron chi connectivity index (χ4n) is 5.39. The highest BCUT2D eigenvalue weighted by molar-refractivity contribution is 6.66. The third-order valence-corrected chi connectivity index (χ3v) is 6.65. The number of fused-ring (bicyclic) bond motifs is 1. The van der Waals surface area contributed by atoms with E-state index in [2.05, 4.69) is 104 Å². The molecule has 5 rings (SSSR count).